The van der Waals surface area contributed by atoms with Gasteiger partial charge in [-0.15, -0.1) is 0 Å². The lowest BCUT2D eigenvalue weighted by Crippen LogP contribution is -2.30. The van der Waals surface area contributed by atoms with Gasteiger partial charge in [0.1, 0.15) is 0 Å². The SMILES string of the molecule is CCOC(=O)Cc1ccc(C(O)CNC(C)CCc2ccccc2)cc1. The smallest absolute Gasteiger partial charge is 0.310 e. The number of carbonyl (C=O) groups is 1. The Balaban J connectivity index is 1.74. The zero-order valence-electron chi connectivity index (χ0n) is 15.7. The Morgan fingerprint density at radius 3 is 2.42 bits per heavy atom. The number of ether oxygens (including phenoxy) is 1. The summed E-state index contributed by atoms with van der Waals surface area (Å²) in [6.07, 6.45) is 1.74. The largest absolute Gasteiger partial charge is 0.466 e. The maximum Gasteiger partial charge on any atom is 0.310 e. The summed E-state index contributed by atoms with van der Waals surface area (Å²) in [5, 5.41) is 13.7. The summed E-state index contributed by atoms with van der Waals surface area (Å²) in [6.45, 7) is 4.83. The van der Waals surface area contributed by atoms with Gasteiger partial charge in [0.2, 0.25) is 0 Å². The average molecular weight is 355 g/mol. The molecule has 2 aromatic rings. The van der Waals surface area contributed by atoms with E-state index in [0.717, 1.165) is 24.0 Å². The predicted molar refractivity (Wildman–Crippen MR) is 104 cm³/mol. The summed E-state index contributed by atoms with van der Waals surface area (Å²) in [5.41, 5.74) is 3.07. The van der Waals surface area contributed by atoms with Gasteiger partial charge in [-0.2, -0.15) is 0 Å². The van der Waals surface area contributed by atoms with Crippen molar-refractivity contribution in [3.8, 4) is 0 Å². The summed E-state index contributed by atoms with van der Waals surface area (Å²) < 4.78 is 4.94. The zero-order chi connectivity index (χ0) is 18.8. The van der Waals surface area contributed by atoms with E-state index in [9.17, 15) is 9.90 Å². The molecule has 2 unspecified atom stereocenters. The number of rotatable bonds is 10. The molecule has 2 atom stereocenters. The van der Waals surface area contributed by atoms with Crippen LogP contribution in [0.25, 0.3) is 0 Å². The number of carbonyl (C=O) groups excluding carboxylic acids is 1. The van der Waals surface area contributed by atoms with E-state index >= 15 is 0 Å². The molecule has 0 amide bonds. The number of aliphatic hydroxyl groups excluding tert-OH is 1. The van der Waals surface area contributed by atoms with Gasteiger partial charge in [-0.05, 0) is 43.4 Å². The number of aliphatic hydroxyl groups is 1. The Bertz CT molecular complexity index is 655. The van der Waals surface area contributed by atoms with E-state index in [1.54, 1.807) is 6.92 Å². The first-order chi connectivity index (χ1) is 12.6. The van der Waals surface area contributed by atoms with Gasteiger partial charge in [0.05, 0.1) is 19.1 Å². The standard InChI is InChI=1S/C22H29NO3/c1-3-26-22(25)15-19-11-13-20(14-12-19)21(24)16-23-17(2)9-10-18-7-5-4-6-8-18/h4-8,11-14,17,21,23-24H,3,9-10,15-16H2,1-2H3. The summed E-state index contributed by atoms with van der Waals surface area (Å²) >= 11 is 0. The van der Waals surface area contributed by atoms with Crippen LogP contribution in [0.1, 0.15) is 43.1 Å². The van der Waals surface area contributed by atoms with Crippen LogP contribution in [0, 0.1) is 0 Å². The number of hydrogen-bond acceptors (Lipinski definition) is 4. The van der Waals surface area contributed by atoms with Crippen molar-refractivity contribution in [2.45, 2.75) is 45.3 Å². The highest BCUT2D eigenvalue weighted by atomic mass is 16.5. The van der Waals surface area contributed by atoms with E-state index in [0.29, 0.717) is 19.2 Å². The molecule has 0 aromatic heterocycles. The average Bonchev–Trinajstić information content (AvgIpc) is 2.66. The second kappa shape index (κ2) is 10.7. The van der Waals surface area contributed by atoms with E-state index in [1.165, 1.54) is 5.56 Å². The molecule has 0 aliphatic carbocycles. The predicted octanol–water partition coefficient (Wildman–Crippen LogP) is 3.44. The third kappa shape index (κ3) is 6.98. The molecule has 0 saturated heterocycles. The maximum absolute atomic E-state index is 11.5. The van der Waals surface area contributed by atoms with Crippen molar-refractivity contribution in [1.82, 2.24) is 5.32 Å². The summed E-state index contributed by atoms with van der Waals surface area (Å²) in [7, 11) is 0. The molecule has 0 aliphatic rings. The van der Waals surface area contributed by atoms with Crippen LogP contribution in [0.15, 0.2) is 54.6 Å². The number of nitrogens with one attached hydrogen (secondary N) is 1. The van der Waals surface area contributed by atoms with Crippen molar-refractivity contribution >= 4 is 5.97 Å². The van der Waals surface area contributed by atoms with E-state index in [-0.39, 0.29) is 12.4 Å². The molecule has 2 aromatic carbocycles. The van der Waals surface area contributed by atoms with E-state index in [4.69, 9.17) is 4.74 Å². The Morgan fingerprint density at radius 1 is 1.08 bits per heavy atom. The molecule has 0 spiro atoms. The highest BCUT2D eigenvalue weighted by Crippen LogP contribution is 2.14. The second-order valence-corrected chi connectivity index (χ2v) is 6.57. The van der Waals surface area contributed by atoms with Gasteiger partial charge in [-0.25, -0.2) is 0 Å². The fourth-order valence-electron chi connectivity index (χ4n) is 2.80. The number of benzene rings is 2. The molecule has 2 N–H and O–H groups in total. The third-order valence-corrected chi connectivity index (χ3v) is 4.39. The number of aryl methyl sites for hydroxylation is 1. The normalized spacial score (nSPS) is 13.2. The highest BCUT2D eigenvalue weighted by molar-refractivity contribution is 5.72. The molecule has 0 saturated carbocycles. The van der Waals surface area contributed by atoms with Crippen molar-refractivity contribution in [2.75, 3.05) is 13.2 Å². The molecule has 0 aliphatic heterocycles. The molecule has 2 rings (SSSR count). The molecule has 4 nitrogen and oxygen atoms in total. The van der Waals surface area contributed by atoms with Gasteiger partial charge in [0, 0.05) is 12.6 Å². The van der Waals surface area contributed by atoms with Gasteiger partial charge in [0.15, 0.2) is 0 Å². The molecule has 26 heavy (non-hydrogen) atoms. The summed E-state index contributed by atoms with van der Waals surface area (Å²) in [6, 6.07) is 18.2. The van der Waals surface area contributed by atoms with Gasteiger partial charge < -0.3 is 15.2 Å². The lowest BCUT2D eigenvalue weighted by Gasteiger charge is -2.18. The molecular weight excluding hydrogens is 326 g/mol. The molecule has 0 fully saturated rings. The minimum Gasteiger partial charge on any atom is -0.466 e. The quantitative estimate of drug-likeness (QED) is 0.641. The second-order valence-electron chi connectivity index (χ2n) is 6.57. The van der Waals surface area contributed by atoms with Crippen molar-refractivity contribution < 1.29 is 14.6 Å². The first-order valence-electron chi connectivity index (χ1n) is 9.28. The van der Waals surface area contributed by atoms with Crippen molar-refractivity contribution in [3.63, 3.8) is 0 Å². The Kier molecular flexibility index (Phi) is 8.32. The lowest BCUT2D eigenvalue weighted by atomic mass is 10.0. The first-order valence-corrected chi connectivity index (χ1v) is 9.28. The molecule has 0 heterocycles. The van der Waals surface area contributed by atoms with E-state index < -0.39 is 6.10 Å². The Hall–Kier alpha value is -2.17. The van der Waals surface area contributed by atoms with Gasteiger partial charge in [0.25, 0.3) is 0 Å². The fourth-order valence-corrected chi connectivity index (χ4v) is 2.80. The molecule has 0 bridgehead atoms. The molecule has 4 heteroatoms. The molecular formula is C22H29NO3. The van der Waals surface area contributed by atoms with Crippen LogP contribution in [0.5, 0.6) is 0 Å². The Morgan fingerprint density at radius 2 is 1.77 bits per heavy atom. The number of esters is 1. The lowest BCUT2D eigenvalue weighted by molar-refractivity contribution is -0.142. The fraction of sp³-hybridized carbons (Fsp3) is 0.409. The van der Waals surface area contributed by atoms with Crippen molar-refractivity contribution in [3.05, 3.63) is 71.3 Å². The van der Waals surface area contributed by atoms with E-state index in [2.05, 4.69) is 36.5 Å². The van der Waals surface area contributed by atoms with Crippen LogP contribution in [-0.4, -0.2) is 30.3 Å². The van der Waals surface area contributed by atoms with Crippen LogP contribution >= 0.6 is 0 Å². The monoisotopic (exact) mass is 355 g/mol. The maximum atomic E-state index is 11.5. The van der Waals surface area contributed by atoms with Crippen LogP contribution < -0.4 is 5.32 Å². The number of hydrogen-bond donors (Lipinski definition) is 2. The minimum absolute atomic E-state index is 0.227. The summed E-state index contributed by atoms with van der Waals surface area (Å²) in [5.74, 6) is -0.227. The van der Waals surface area contributed by atoms with Gasteiger partial charge in [-0.3, -0.25) is 4.79 Å². The molecule has 0 radical (unpaired) electrons. The van der Waals surface area contributed by atoms with Gasteiger partial charge >= 0.3 is 5.97 Å². The van der Waals surface area contributed by atoms with Crippen LogP contribution in [0.2, 0.25) is 0 Å². The molecule has 140 valence electrons. The van der Waals surface area contributed by atoms with Crippen LogP contribution in [0.3, 0.4) is 0 Å². The Labute approximate surface area is 156 Å². The van der Waals surface area contributed by atoms with Crippen molar-refractivity contribution in [1.29, 1.82) is 0 Å². The topological polar surface area (TPSA) is 58.6 Å². The third-order valence-electron chi connectivity index (χ3n) is 4.39. The van der Waals surface area contributed by atoms with Crippen molar-refractivity contribution in [2.24, 2.45) is 0 Å². The summed E-state index contributed by atoms with van der Waals surface area (Å²) in [4.78, 5) is 11.5. The zero-order valence-corrected chi connectivity index (χ0v) is 15.7. The van der Waals surface area contributed by atoms with Crippen LogP contribution in [0.4, 0.5) is 0 Å². The van der Waals surface area contributed by atoms with Crippen LogP contribution in [-0.2, 0) is 22.4 Å². The van der Waals surface area contributed by atoms with E-state index in [1.807, 2.05) is 30.3 Å². The van der Waals surface area contributed by atoms with Gasteiger partial charge in [-0.1, -0.05) is 54.6 Å². The highest BCUT2D eigenvalue weighted by Gasteiger charge is 2.11. The minimum atomic E-state index is -0.564. The first kappa shape index (κ1) is 20.1.